The number of aromatic nitrogens is 1. The van der Waals surface area contributed by atoms with Crippen LogP contribution in [0.3, 0.4) is 0 Å². The molecule has 0 saturated carbocycles. The van der Waals surface area contributed by atoms with Gasteiger partial charge in [0.05, 0.1) is 19.9 Å². The molecular formula is C22H24N2O3S. The van der Waals surface area contributed by atoms with Crippen molar-refractivity contribution in [2.24, 2.45) is 0 Å². The summed E-state index contributed by atoms with van der Waals surface area (Å²) in [7, 11) is 3.31. The number of thiazole rings is 1. The maximum absolute atomic E-state index is 12.1. The van der Waals surface area contributed by atoms with Crippen LogP contribution in [0.4, 0.5) is 0 Å². The molecule has 1 aromatic heterocycles. The monoisotopic (exact) mass is 396 g/mol. The Labute approximate surface area is 169 Å². The summed E-state index contributed by atoms with van der Waals surface area (Å²) in [5.41, 5.74) is 3.05. The maximum Gasteiger partial charge on any atom is 0.220 e. The van der Waals surface area contributed by atoms with Crippen molar-refractivity contribution in [3.8, 4) is 22.1 Å². The van der Waals surface area contributed by atoms with E-state index in [0.29, 0.717) is 19.4 Å². The molecule has 3 aromatic rings. The highest BCUT2D eigenvalue weighted by Gasteiger charge is 2.09. The Balaban J connectivity index is 1.46. The van der Waals surface area contributed by atoms with Gasteiger partial charge in [-0.05, 0) is 36.6 Å². The number of nitrogens with zero attached hydrogens (tertiary/aromatic N) is 1. The number of nitrogens with one attached hydrogen (secondary N) is 1. The largest absolute Gasteiger partial charge is 0.497 e. The van der Waals surface area contributed by atoms with Crippen LogP contribution in [0.5, 0.6) is 11.5 Å². The van der Waals surface area contributed by atoms with Crippen molar-refractivity contribution in [1.82, 2.24) is 10.3 Å². The van der Waals surface area contributed by atoms with Crippen molar-refractivity contribution >= 4 is 17.2 Å². The minimum atomic E-state index is 0.0332. The SMILES string of the molecule is COc1cccc(-c2nc(CCC(=O)NCCc3ccccc3OC)cs2)c1. The summed E-state index contributed by atoms with van der Waals surface area (Å²) >= 11 is 1.58. The summed E-state index contributed by atoms with van der Waals surface area (Å²) in [6, 6.07) is 15.7. The zero-order valence-electron chi connectivity index (χ0n) is 16.1. The smallest absolute Gasteiger partial charge is 0.220 e. The van der Waals surface area contributed by atoms with Crippen molar-refractivity contribution in [2.75, 3.05) is 20.8 Å². The Morgan fingerprint density at radius 3 is 2.75 bits per heavy atom. The van der Waals surface area contributed by atoms with Crippen LogP contribution in [0, 0.1) is 0 Å². The summed E-state index contributed by atoms with van der Waals surface area (Å²) in [6.45, 7) is 0.589. The van der Waals surface area contributed by atoms with Gasteiger partial charge < -0.3 is 14.8 Å². The van der Waals surface area contributed by atoms with Gasteiger partial charge in [0.15, 0.2) is 0 Å². The molecule has 0 saturated heterocycles. The number of amides is 1. The van der Waals surface area contributed by atoms with Gasteiger partial charge in [-0.15, -0.1) is 11.3 Å². The van der Waals surface area contributed by atoms with Gasteiger partial charge >= 0.3 is 0 Å². The zero-order chi connectivity index (χ0) is 19.8. The molecule has 0 atom stereocenters. The number of carbonyl (C=O) groups is 1. The number of para-hydroxylation sites is 1. The van der Waals surface area contributed by atoms with Crippen LogP contribution in [-0.2, 0) is 17.6 Å². The van der Waals surface area contributed by atoms with Crippen LogP contribution in [0.1, 0.15) is 17.7 Å². The molecule has 1 N–H and O–H groups in total. The number of ether oxygens (including phenoxy) is 2. The zero-order valence-corrected chi connectivity index (χ0v) is 16.9. The van der Waals surface area contributed by atoms with E-state index in [-0.39, 0.29) is 5.91 Å². The fourth-order valence-electron chi connectivity index (χ4n) is 2.89. The fraction of sp³-hybridized carbons (Fsp3) is 0.273. The third-order valence-corrected chi connectivity index (χ3v) is 5.33. The number of hydrogen-bond acceptors (Lipinski definition) is 5. The lowest BCUT2D eigenvalue weighted by Crippen LogP contribution is -2.26. The fourth-order valence-corrected chi connectivity index (χ4v) is 3.74. The van der Waals surface area contributed by atoms with Gasteiger partial charge in [-0.25, -0.2) is 4.98 Å². The standard InChI is InChI=1S/C22H24N2O3S/c1-26-19-8-5-7-17(14-19)22-24-18(15-28-22)10-11-21(25)23-13-12-16-6-3-4-9-20(16)27-2/h3-9,14-15H,10-13H2,1-2H3,(H,23,25). The average molecular weight is 397 g/mol. The van der Waals surface area contributed by atoms with E-state index in [0.717, 1.165) is 39.7 Å². The molecule has 1 amide bonds. The van der Waals surface area contributed by atoms with Gasteiger partial charge in [0.25, 0.3) is 0 Å². The van der Waals surface area contributed by atoms with E-state index < -0.39 is 0 Å². The summed E-state index contributed by atoms with van der Waals surface area (Å²) in [6.07, 6.45) is 1.79. The van der Waals surface area contributed by atoms with Gasteiger partial charge in [0, 0.05) is 23.9 Å². The number of hydrogen-bond donors (Lipinski definition) is 1. The molecule has 28 heavy (non-hydrogen) atoms. The Bertz CT molecular complexity index is 923. The molecule has 0 bridgehead atoms. The highest BCUT2D eigenvalue weighted by Crippen LogP contribution is 2.27. The van der Waals surface area contributed by atoms with Crippen molar-refractivity contribution in [2.45, 2.75) is 19.3 Å². The van der Waals surface area contributed by atoms with Crippen LogP contribution in [-0.4, -0.2) is 31.7 Å². The average Bonchev–Trinajstić information content (AvgIpc) is 3.22. The van der Waals surface area contributed by atoms with Gasteiger partial charge in [-0.1, -0.05) is 30.3 Å². The first-order chi connectivity index (χ1) is 13.7. The van der Waals surface area contributed by atoms with Crippen LogP contribution >= 0.6 is 11.3 Å². The van der Waals surface area contributed by atoms with Crippen molar-refractivity contribution in [3.63, 3.8) is 0 Å². The topological polar surface area (TPSA) is 60.5 Å². The number of methoxy groups -OCH3 is 2. The molecule has 0 radical (unpaired) electrons. The van der Waals surface area contributed by atoms with Gasteiger partial charge in [-0.2, -0.15) is 0 Å². The molecule has 6 heteroatoms. The van der Waals surface area contributed by atoms with Crippen LogP contribution in [0.2, 0.25) is 0 Å². The lowest BCUT2D eigenvalue weighted by atomic mass is 10.1. The van der Waals surface area contributed by atoms with E-state index in [4.69, 9.17) is 9.47 Å². The Morgan fingerprint density at radius 1 is 1.07 bits per heavy atom. The summed E-state index contributed by atoms with van der Waals surface area (Å²) < 4.78 is 10.6. The second kappa shape index (κ2) is 9.90. The molecular weight excluding hydrogens is 372 g/mol. The van der Waals surface area contributed by atoms with E-state index in [1.807, 2.05) is 53.9 Å². The van der Waals surface area contributed by atoms with Crippen molar-refractivity contribution in [1.29, 1.82) is 0 Å². The quantitative estimate of drug-likeness (QED) is 0.591. The number of rotatable bonds is 9. The van der Waals surface area contributed by atoms with E-state index in [1.165, 1.54) is 0 Å². The number of carbonyl (C=O) groups excluding carboxylic acids is 1. The molecule has 0 spiro atoms. The van der Waals surface area contributed by atoms with E-state index >= 15 is 0 Å². The second-order valence-corrected chi connectivity index (χ2v) is 7.15. The Morgan fingerprint density at radius 2 is 1.93 bits per heavy atom. The first-order valence-electron chi connectivity index (χ1n) is 9.17. The minimum absolute atomic E-state index is 0.0332. The predicted octanol–water partition coefficient (Wildman–Crippen LogP) is 4.12. The molecule has 0 fully saturated rings. The summed E-state index contributed by atoms with van der Waals surface area (Å²) in [5.74, 6) is 1.69. The highest BCUT2D eigenvalue weighted by molar-refractivity contribution is 7.13. The lowest BCUT2D eigenvalue weighted by molar-refractivity contribution is -0.121. The molecule has 3 rings (SSSR count). The van der Waals surface area contributed by atoms with Crippen LogP contribution in [0.15, 0.2) is 53.9 Å². The van der Waals surface area contributed by atoms with Gasteiger partial charge in [0.2, 0.25) is 5.91 Å². The molecule has 0 aliphatic rings. The Hall–Kier alpha value is -2.86. The van der Waals surface area contributed by atoms with Crippen molar-refractivity contribution in [3.05, 3.63) is 65.2 Å². The van der Waals surface area contributed by atoms with Crippen LogP contribution < -0.4 is 14.8 Å². The predicted molar refractivity (Wildman–Crippen MR) is 112 cm³/mol. The maximum atomic E-state index is 12.1. The third-order valence-electron chi connectivity index (χ3n) is 4.39. The van der Waals surface area contributed by atoms with Crippen LogP contribution in [0.25, 0.3) is 10.6 Å². The van der Waals surface area contributed by atoms with E-state index in [1.54, 1.807) is 25.6 Å². The molecule has 0 unspecified atom stereocenters. The minimum Gasteiger partial charge on any atom is -0.497 e. The number of benzene rings is 2. The first-order valence-corrected chi connectivity index (χ1v) is 10.0. The van der Waals surface area contributed by atoms with E-state index in [9.17, 15) is 4.79 Å². The lowest BCUT2D eigenvalue weighted by Gasteiger charge is -2.09. The van der Waals surface area contributed by atoms with Gasteiger partial charge in [-0.3, -0.25) is 4.79 Å². The molecule has 146 valence electrons. The Kier molecular flexibility index (Phi) is 7.03. The highest BCUT2D eigenvalue weighted by atomic mass is 32.1. The third kappa shape index (κ3) is 5.33. The normalized spacial score (nSPS) is 10.5. The summed E-state index contributed by atoms with van der Waals surface area (Å²) in [5, 5.41) is 5.92. The molecule has 5 nitrogen and oxygen atoms in total. The molecule has 2 aromatic carbocycles. The molecule has 0 aliphatic heterocycles. The molecule has 0 aliphatic carbocycles. The number of aryl methyl sites for hydroxylation is 1. The van der Waals surface area contributed by atoms with Crippen molar-refractivity contribution < 1.29 is 14.3 Å². The van der Waals surface area contributed by atoms with Gasteiger partial charge in [0.1, 0.15) is 16.5 Å². The molecule has 1 heterocycles. The first kappa shape index (κ1) is 19.9. The second-order valence-electron chi connectivity index (χ2n) is 6.29. The summed E-state index contributed by atoms with van der Waals surface area (Å²) in [4.78, 5) is 16.8. The van der Waals surface area contributed by atoms with E-state index in [2.05, 4.69) is 10.3 Å².